The molecule has 176 valence electrons. The summed E-state index contributed by atoms with van der Waals surface area (Å²) in [7, 11) is 0. The van der Waals surface area contributed by atoms with E-state index in [1.54, 1.807) is 0 Å². The van der Waals surface area contributed by atoms with Crippen LogP contribution in [0, 0.1) is 17.8 Å². The highest BCUT2D eigenvalue weighted by Crippen LogP contribution is 2.01. The van der Waals surface area contributed by atoms with Crippen LogP contribution < -0.4 is 0 Å². The second-order valence-corrected chi connectivity index (χ2v) is 7.44. The van der Waals surface area contributed by atoms with Gasteiger partial charge in [0.05, 0.1) is 0 Å². The van der Waals surface area contributed by atoms with Gasteiger partial charge < -0.3 is 20.4 Å². The first-order chi connectivity index (χ1) is 12.7. The van der Waals surface area contributed by atoms with Crippen molar-refractivity contribution in [1.82, 2.24) is 0 Å². The predicted octanol–water partition coefficient (Wildman–Crippen LogP) is 8.80. The summed E-state index contributed by atoms with van der Waals surface area (Å²) in [6, 6.07) is 0. The molecule has 0 amide bonds. The molecule has 0 aliphatic heterocycles. The van der Waals surface area contributed by atoms with Crippen molar-refractivity contribution in [3.63, 3.8) is 0 Å². The normalized spacial score (nSPS) is 8.36. The van der Waals surface area contributed by atoms with Gasteiger partial charge in [-0.3, -0.25) is 0 Å². The third-order valence-electron chi connectivity index (χ3n) is 2.55. The second kappa shape index (κ2) is 40.3. The van der Waals surface area contributed by atoms with Gasteiger partial charge in [-0.1, -0.05) is 115 Å². The molecular weight excluding hydrogens is 360 g/mol. The summed E-state index contributed by atoms with van der Waals surface area (Å²) in [5.74, 6) is 2.68. The van der Waals surface area contributed by atoms with Gasteiger partial charge in [-0.25, -0.2) is 9.59 Å². The molecule has 0 atom stereocenters. The van der Waals surface area contributed by atoms with Crippen molar-refractivity contribution in [1.29, 1.82) is 0 Å². The van der Waals surface area contributed by atoms with Crippen LogP contribution in [0.25, 0.3) is 0 Å². The molecule has 0 aromatic rings. The van der Waals surface area contributed by atoms with E-state index in [9.17, 15) is 0 Å². The molecule has 0 spiro atoms. The van der Waals surface area contributed by atoms with E-state index in [2.05, 4.69) is 76.2 Å². The average molecular weight is 413 g/mol. The highest BCUT2D eigenvalue weighted by molar-refractivity contribution is 5.53. The number of hydrogen-bond donors (Lipinski definition) is 4. The molecule has 4 N–H and O–H groups in total. The Labute approximate surface area is 175 Å². The van der Waals surface area contributed by atoms with E-state index in [1.165, 1.54) is 38.5 Å². The van der Waals surface area contributed by atoms with Gasteiger partial charge in [-0.05, 0) is 17.8 Å². The van der Waals surface area contributed by atoms with E-state index in [-0.39, 0.29) is 0 Å². The van der Waals surface area contributed by atoms with Gasteiger partial charge >= 0.3 is 12.3 Å². The standard InChI is InChI=1S/2C6H14.C5H12.C3H8.2CH2O3/c2*1-4-5-6(2)3;1-4-5(2)3;1-3-2;2*2-1(3)4/h2*6H,4-5H2,1-3H3;5H,4H2,1-3H3;3H2,1-2H3;2*(H2,2,3,4). The summed E-state index contributed by atoms with van der Waals surface area (Å²) in [5, 5.41) is 27.9. The molecule has 0 aromatic heterocycles. The van der Waals surface area contributed by atoms with E-state index in [1.807, 2.05) is 0 Å². The van der Waals surface area contributed by atoms with Crippen LogP contribution in [0.2, 0.25) is 0 Å². The molecule has 0 radical (unpaired) electrons. The molecule has 0 aliphatic carbocycles. The van der Waals surface area contributed by atoms with E-state index in [4.69, 9.17) is 30.0 Å². The SMILES string of the molecule is CCC.CCC(C)C.CCCC(C)C.CCCC(C)C.O=C(O)O.O=C(O)O. The largest absolute Gasteiger partial charge is 0.503 e. The van der Waals surface area contributed by atoms with Crippen molar-refractivity contribution in [2.45, 2.75) is 115 Å². The Morgan fingerprint density at radius 1 is 0.571 bits per heavy atom. The summed E-state index contributed by atoms with van der Waals surface area (Å²) < 4.78 is 0. The fraction of sp³-hybridized carbons (Fsp3) is 0.909. The lowest BCUT2D eigenvalue weighted by Gasteiger charge is -1.95. The Hall–Kier alpha value is -1.46. The molecule has 0 bridgehead atoms. The average Bonchev–Trinajstić information content (AvgIpc) is 2.47. The van der Waals surface area contributed by atoms with Crippen LogP contribution in [0.4, 0.5) is 9.59 Å². The minimum absolute atomic E-state index is 0.884. The summed E-state index contributed by atoms with van der Waals surface area (Å²) in [5.41, 5.74) is 0. The van der Waals surface area contributed by atoms with Crippen LogP contribution in [-0.2, 0) is 0 Å². The monoisotopic (exact) mass is 412 g/mol. The number of rotatable bonds is 5. The molecule has 0 unspecified atom stereocenters. The molecule has 0 heterocycles. The molecular formula is C22H52O6. The van der Waals surface area contributed by atoms with Crippen LogP contribution >= 0.6 is 0 Å². The number of hydrogen-bond acceptors (Lipinski definition) is 2. The first-order valence-electron chi connectivity index (χ1n) is 10.5. The van der Waals surface area contributed by atoms with Gasteiger partial charge in [0.15, 0.2) is 0 Å². The maximum atomic E-state index is 8.56. The van der Waals surface area contributed by atoms with Gasteiger partial charge in [0.1, 0.15) is 0 Å². The minimum atomic E-state index is -1.83. The van der Waals surface area contributed by atoms with Gasteiger partial charge in [0, 0.05) is 0 Å². The van der Waals surface area contributed by atoms with Crippen LogP contribution in [0.5, 0.6) is 0 Å². The smallest absolute Gasteiger partial charge is 0.450 e. The molecule has 0 rings (SSSR count). The second-order valence-electron chi connectivity index (χ2n) is 7.44. The van der Waals surface area contributed by atoms with E-state index < -0.39 is 12.3 Å². The maximum absolute atomic E-state index is 8.56. The van der Waals surface area contributed by atoms with Crippen molar-refractivity contribution >= 4 is 12.3 Å². The molecule has 0 saturated carbocycles. The zero-order valence-corrected chi connectivity index (χ0v) is 20.6. The zero-order chi connectivity index (χ0) is 24.1. The van der Waals surface area contributed by atoms with Crippen LogP contribution in [0.15, 0.2) is 0 Å². The van der Waals surface area contributed by atoms with Crippen LogP contribution in [0.1, 0.15) is 115 Å². The summed E-state index contributed by atoms with van der Waals surface area (Å²) in [4.78, 5) is 17.1. The van der Waals surface area contributed by atoms with E-state index in [0.29, 0.717) is 0 Å². The maximum Gasteiger partial charge on any atom is 0.503 e. The lowest BCUT2D eigenvalue weighted by atomic mass is 10.1. The molecule has 28 heavy (non-hydrogen) atoms. The lowest BCUT2D eigenvalue weighted by Crippen LogP contribution is -1.81. The quantitative estimate of drug-likeness (QED) is 0.358. The predicted molar refractivity (Wildman–Crippen MR) is 122 cm³/mol. The first kappa shape index (κ1) is 41.0. The molecule has 6 heteroatoms. The highest BCUT2D eigenvalue weighted by atomic mass is 16.6. The van der Waals surface area contributed by atoms with E-state index in [0.717, 1.165) is 17.8 Å². The third-order valence-corrected chi connectivity index (χ3v) is 2.55. The summed E-state index contributed by atoms with van der Waals surface area (Å²) in [6.07, 6.45) is 4.30. The molecule has 6 nitrogen and oxygen atoms in total. The first-order valence-corrected chi connectivity index (χ1v) is 10.5. The Morgan fingerprint density at radius 2 is 0.714 bits per heavy atom. The Kier molecular flexibility index (Phi) is 59.0. The Bertz CT molecular complexity index is 234. The molecule has 0 aliphatic rings. The van der Waals surface area contributed by atoms with Gasteiger partial charge in [0.25, 0.3) is 0 Å². The Balaban J connectivity index is -0.0000000527. The van der Waals surface area contributed by atoms with Crippen LogP contribution in [-0.4, -0.2) is 32.7 Å². The fourth-order valence-electron chi connectivity index (χ4n) is 1.15. The third kappa shape index (κ3) is 318. The van der Waals surface area contributed by atoms with Crippen molar-refractivity contribution in [2.75, 3.05) is 0 Å². The van der Waals surface area contributed by atoms with Gasteiger partial charge in [-0.2, -0.15) is 0 Å². The molecule has 0 fully saturated rings. The number of carbonyl (C=O) groups is 2. The summed E-state index contributed by atoms with van der Waals surface area (Å²) in [6.45, 7) is 24.4. The fourth-order valence-corrected chi connectivity index (χ4v) is 1.15. The molecule has 0 saturated heterocycles. The van der Waals surface area contributed by atoms with Gasteiger partial charge in [0.2, 0.25) is 0 Å². The molecule has 0 aromatic carbocycles. The zero-order valence-electron chi connectivity index (χ0n) is 20.6. The van der Waals surface area contributed by atoms with Crippen molar-refractivity contribution in [2.24, 2.45) is 17.8 Å². The number of carboxylic acid groups (broad SMARTS) is 4. The summed E-state index contributed by atoms with van der Waals surface area (Å²) >= 11 is 0. The minimum Gasteiger partial charge on any atom is -0.450 e. The van der Waals surface area contributed by atoms with Crippen molar-refractivity contribution in [3.8, 4) is 0 Å². The topological polar surface area (TPSA) is 115 Å². The van der Waals surface area contributed by atoms with Gasteiger partial charge in [-0.15, -0.1) is 0 Å². The Morgan fingerprint density at radius 3 is 0.714 bits per heavy atom. The lowest BCUT2D eigenvalue weighted by molar-refractivity contribution is 0.135. The van der Waals surface area contributed by atoms with Crippen LogP contribution in [0.3, 0.4) is 0 Å². The van der Waals surface area contributed by atoms with E-state index >= 15 is 0 Å². The van der Waals surface area contributed by atoms with Crippen molar-refractivity contribution in [3.05, 3.63) is 0 Å². The van der Waals surface area contributed by atoms with Crippen molar-refractivity contribution < 1.29 is 30.0 Å². The highest BCUT2D eigenvalue weighted by Gasteiger charge is 1.86.